The molecular formula is C20H26N4. The first-order valence-corrected chi connectivity index (χ1v) is 9.14. The SMILES string of the molecule is Cc1nc(NC2CCCC2)nc(N2CCc3ccccc3C2)c1C. The number of hydrogen-bond donors (Lipinski definition) is 1. The monoisotopic (exact) mass is 322 g/mol. The fourth-order valence-corrected chi connectivity index (χ4v) is 3.92. The molecule has 1 aromatic carbocycles. The van der Waals surface area contributed by atoms with Gasteiger partial charge in [-0.05, 0) is 44.2 Å². The van der Waals surface area contributed by atoms with E-state index >= 15 is 0 Å². The molecule has 4 heteroatoms. The molecule has 1 saturated carbocycles. The van der Waals surface area contributed by atoms with Crippen LogP contribution < -0.4 is 10.2 Å². The highest BCUT2D eigenvalue weighted by Crippen LogP contribution is 2.28. The molecular weight excluding hydrogens is 296 g/mol. The third-order valence-electron chi connectivity index (χ3n) is 5.48. The van der Waals surface area contributed by atoms with Crippen molar-refractivity contribution in [3.05, 3.63) is 46.6 Å². The number of aryl methyl sites for hydroxylation is 1. The van der Waals surface area contributed by atoms with Gasteiger partial charge in [-0.25, -0.2) is 4.98 Å². The molecule has 4 nitrogen and oxygen atoms in total. The number of benzene rings is 1. The Balaban J connectivity index is 1.61. The molecule has 24 heavy (non-hydrogen) atoms. The summed E-state index contributed by atoms with van der Waals surface area (Å²) in [5, 5.41) is 3.56. The summed E-state index contributed by atoms with van der Waals surface area (Å²) >= 11 is 0. The zero-order valence-corrected chi connectivity index (χ0v) is 14.7. The van der Waals surface area contributed by atoms with Gasteiger partial charge in [0.05, 0.1) is 0 Å². The Morgan fingerprint density at radius 3 is 2.58 bits per heavy atom. The lowest BCUT2D eigenvalue weighted by molar-refractivity contribution is 0.708. The molecule has 1 N–H and O–H groups in total. The number of nitrogens with zero attached hydrogens (tertiary/aromatic N) is 3. The molecule has 2 aromatic rings. The lowest BCUT2D eigenvalue weighted by atomic mass is 9.99. The van der Waals surface area contributed by atoms with Crippen LogP contribution in [0.1, 0.15) is 48.1 Å². The summed E-state index contributed by atoms with van der Waals surface area (Å²) in [7, 11) is 0. The van der Waals surface area contributed by atoms with Crippen LogP contribution in [0.4, 0.5) is 11.8 Å². The van der Waals surface area contributed by atoms with Crippen LogP contribution in [0.2, 0.25) is 0 Å². The Bertz CT molecular complexity index is 734. The van der Waals surface area contributed by atoms with Crippen molar-refractivity contribution in [1.29, 1.82) is 0 Å². The van der Waals surface area contributed by atoms with Gasteiger partial charge in [-0.2, -0.15) is 4.98 Å². The first-order valence-electron chi connectivity index (χ1n) is 9.14. The summed E-state index contributed by atoms with van der Waals surface area (Å²) in [6.45, 7) is 6.20. The molecule has 0 radical (unpaired) electrons. The summed E-state index contributed by atoms with van der Waals surface area (Å²) in [5.74, 6) is 1.90. The van der Waals surface area contributed by atoms with Gasteiger partial charge in [0.25, 0.3) is 0 Å². The van der Waals surface area contributed by atoms with Gasteiger partial charge < -0.3 is 10.2 Å². The van der Waals surface area contributed by atoms with E-state index in [0.29, 0.717) is 6.04 Å². The fourth-order valence-electron chi connectivity index (χ4n) is 3.92. The Morgan fingerprint density at radius 2 is 1.79 bits per heavy atom. The Kier molecular flexibility index (Phi) is 4.13. The lowest BCUT2D eigenvalue weighted by Crippen LogP contribution is -2.32. The van der Waals surface area contributed by atoms with Crippen molar-refractivity contribution in [1.82, 2.24) is 9.97 Å². The normalized spacial score (nSPS) is 17.8. The average Bonchev–Trinajstić information content (AvgIpc) is 3.10. The van der Waals surface area contributed by atoms with E-state index in [1.807, 2.05) is 0 Å². The van der Waals surface area contributed by atoms with Crippen molar-refractivity contribution in [3.63, 3.8) is 0 Å². The lowest BCUT2D eigenvalue weighted by Gasteiger charge is -2.31. The maximum Gasteiger partial charge on any atom is 0.225 e. The minimum Gasteiger partial charge on any atom is -0.352 e. The van der Waals surface area contributed by atoms with Crippen molar-refractivity contribution in [2.24, 2.45) is 0 Å². The van der Waals surface area contributed by atoms with E-state index in [-0.39, 0.29) is 0 Å². The summed E-state index contributed by atoms with van der Waals surface area (Å²) in [4.78, 5) is 12.0. The average molecular weight is 322 g/mol. The molecule has 0 amide bonds. The quantitative estimate of drug-likeness (QED) is 0.927. The highest BCUT2D eigenvalue weighted by Gasteiger charge is 2.22. The van der Waals surface area contributed by atoms with Gasteiger partial charge in [-0.1, -0.05) is 37.1 Å². The zero-order chi connectivity index (χ0) is 16.5. The number of aromatic nitrogens is 2. The fraction of sp³-hybridized carbons (Fsp3) is 0.500. The van der Waals surface area contributed by atoms with Crippen LogP contribution in [0, 0.1) is 13.8 Å². The molecule has 2 aliphatic rings. The first kappa shape index (κ1) is 15.4. The molecule has 0 bridgehead atoms. The second-order valence-corrected chi connectivity index (χ2v) is 7.15. The highest BCUT2D eigenvalue weighted by atomic mass is 15.2. The van der Waals surface area contributed by atoms with Gasteiger partial charge in [-0.15, -0.1) is 0 Å². The summed E-state index contributed by atoms with van der Waals surface area (Å²) in [6.07, 6.45) is 6.20. The zero-order valence-electron chi connectivity index (χ0n) is 14.7. The maximum atomic E-state index is 4.90. The van der Waals surface area contributed by atoms with Crippen LogP contribution in [-0.2, 0) is 13.0 Å². The van der Waals surface area contributed by atoms with Crippen molar-refractivity contribution in [2.75, 3.05) is 16.8 Å². The van der Waals surface area contributed by atoms with E-state index in [9.17, 15) is 0 Å². The minimum absolute atomic E-state index is 0.544. The molecule has 0 atom stereocenters. The van der Waals surface area contributed by atoms with E-state index in [2.05, 4.69) is 53.3 Å². The Hall–Kier alpha value is -2.10. The van der Waals surface area contributed by atoms with Gasteiger partial charge in [0, 0.05) is 30.4 Å². The topological polar surface area (TPSA) is 41.1 Å². The molecule has 2 heterocycles. The van der Waals surface area contributed by atoms with Gasteiger partial charge in [-0.3, -0.25) is 0 Å². The summed E-state index contributed by atoms with van der Waals surface area (Å²) < 4.78 is 0. The molecule has 0 spiro atoms. The summed E-state index contributed by atoms with van der Waals surface area (Å²) in [5.41, 5.74) is 5.18. The largest absolute Gasteiger partial charge is 0.352 e. The summed E-state index contributed by atoms with van der Waals surface area (Å²) in [6, 6.07) is 9.30. The van der Waals surface area contributed by atoms with Crippen LogP contribution >= 0.6 is 0 Å². The van der Waals surface area contributed by atoms with Crippen LogP contribution in [0.15, 0.2) is 24.3 Å². The predicted octanol–water partition coefficient (Wildman–Crippen LogP) is 4.01. The number of fused-ring (bicyclic) bond motifs is 1. The van der Waals surface area contributed by atoms with Crippen molar-refractivity contribution < 1.29 is 0 Å². The van der Waals surface area contributed by atoms with E-state index in [1.54, 1.807) is 0 Å². The van der Waals surface area contributed by atoms with E-state index in [0.717, 1.165) is 37.0 Å². The van der Waals surface area contributed by atoms with Crippen molar-refractivity contribution >= 4 is 11.8 Å². The number of hydrogen-bond acceptors (Lipinski definition) is 4. The van der Waals surface area contributed by atoms with Gasteiger partial charge in [0.15, 0.2) is 0 Å². The van der Waals surface area contributed by atoms with Crippen LogP contribution in [-0.4, -0.2) is 22.6 Å². The Labute approximate surface area is 144 Å². The smallest absolute Gasteiger partial charge is 0.225 e. The van der Waals surface area contributed by atoms with Gasteiger partial charge in [0.2, 0.25) is 5.95 Å². The minimum atomic E-state index is 0.544. The predicted molar refractivity (Wildman–Crippen MR) is 98.6 cm³/mol. The van der Waals surface area contributed by atoms with E-state index in [1.165, 1.54) is 42.4 Å². The molecule has 0 saturated heterocycles. The second-order valence-electron chi connectivity index (χ2n) is 7.15. The molecule has 4 rings (SSSR count). The van der Waals surface area contributed by atoms with Crippen molar-refractivity contribution in [2.45, 2.75) is 58.5 Å². The molecule has 1 aliphatic heterocycles. The molecule has 1 fully saturated rings. The van der Waals surface area contributed by atoms with Crippen LogP contribution in [0.3, 0.4) is 0 Å². The molecule has 0 unspecified atom stereocenters. The van der Waals surface area contributed by atoms with Crippen molar-refractivity contribution in [3.8, 4) is 0 Å². The third-order valence-corrected chi connectivity index (χ3v) is 5.48. The third kappa shape index (κ3) is 2.97. The molecule has 1 aromatic heterocycles. The van der Waals surface area contributed by atoms with E-state index < -0.39 is 0 Å². The van der Waals surface area contributed by atoms with Gasteiger partial charge >= 0.3 is 0 Å². The highest BCUT2D eigenvalue weighted by molar-refractivity contribution is 5.54. The second kappa shape index (κ2) is 6.42. The number of nitrogens with one attached hydrogen (secondary N) is 1. The maximum absolute atomic E-state index is 4.90. The van der Waals surface area contributed by atoms with Crippen LogP contribution in [0.5, 0.6) is 0 Å². The van der Waals surface area contributed by atoms with Crippen LogP contribution in [0.25, 0.3) is 0 Å². The van der Waals surface area contributed by atoms with Gasteiger partial charge in [0.1, 0.15) is 5.82 Å². The molecule has 1 aliphatic carbocycles. The first-order chi connectivity index (χ1) is 11.7. The van der Waals surface area contributed by atoms with E-state index in [4.69, 9.17) is 4.98 Å². The number of anilines is 2. The Morgan fingerprint density at radius 1 is 1.04 bits per heavy atom. The standard InChI is InChI=1S/C20H26N4/c1-14-15(2)21-20(22-18-9-5-6-10-18)23-19(14)24-12-11-16-7-3-4-8-17(16)13-24/h3-4,7-8,18H,5-6,9-13H2,1-2H3,(H,21,22,23). The number of rotatable bonds is 3. The molecule has 126 valence electrons.